The molecule has 0 saturated carbocycles. The number of nitrogens with one attached hydrogen (secondary N) is 1. The zero-order valence-electron chi connectivity index (χ0n) is 12.8. The van der Waals surface area contributed by atoms with Gasteiger partial charge in [-0.15, -0.1) is 0 Å². The number of phenols is 2. The number of aromatic amines is 1. The van der Waals surface area contributed by atoms with Crippen LogP contribution >= 0.6 is 12.2 Å². The fourth-order valence-electron chi connectivity index (χ4n) is 2.25. The molecule has 2 aromatic carbocycles. The number of rotatable bonds is 5. The lowest BCUT2D eigenvalue weighted by molar-refractivity contribution is 0.403. The second-order valence-corrected chi connectivity index (χ2v) is 5.62. The summed E-state index contributed by atoms with van der Waals surface area (Å²) in [5, 5.41) is 30.1. The third kappa shape index (κ3) is 3.69. The molecule has 0 amide bonds. The summed E-state index contributed by atoms with van der Waals surface area (Å²) in [5.74, 6) is 0.359. The molecule has 0 spiro atoms. The molecule has 3 rings (SSSR count). The Kier molecular flexibility index (Phi) is 4.72. The molecule has 7 heteroatoms. The summed E-state index contributed by atoms with van der Waals surface area (Å²) in [6, 6.07) is 14.6. The zero-order chi connectivity index (χ0) is 16.9. The van der Waals surface area contributed by atoms with Gasteiger partial charge in [0.25, 0.3) is 0 Å². The topological polar surface area (TPSA) is 86.4 Å². The SMILES string of the molecule is Oc1ccc(/C=N\n2c(CCc3ccccc3)n[nH]c2=S)cc1O. The first-order valence-electron chi connectivity index (χ1n) is 7.40. The minimum absolute atomic E-state index is 0.171. The molecule has 0 unspecified atom stereocenters. The van der Waals surface area contributed by atoms with Gasteiger partial charge in [0.2, 0.25) is 4.77 Å². The van der Waals surface area contributed by atoms with Crippen LogP contribution in [0.3, 0.4) is 0 Å². The van der Waals surface area contributed by atoms with Gasteiger partial charge in [0, 0.05) is 6.42 Å². The molecule has 0 aliphatic heterocycles. The summed E-state index contributed by atoms with van der Waals surface area (Å²) >= 11 is 5.21. The van der Waals surface area contributed by atoms with Crippen LogP contribution in [0.4, 0.5) is 0 Å². The van der Waals surface area contributed by atoms with Crippen LogP contribution in [-0.4, -0.2) is 31.3 Å². The van der Waals surface area contributed by atoms with Crippen molar-refractivity contribution in [3.8, 4) is 11.5 Å². The maximum Gasteiger partial charge on any atom is 0.216 e. The van der Waals surface area contributed by atoms with Gasteiger partial charge in [-0.05, 0) is 48.0 Å². The van der Waals surface area contributed by atoms with E-state index >= 15 is 0 Å². The molecule has 0 fully saturated rings. The van der Waals surface area contributed by atoms with Crippen LogP contribution in [0.5, 0.6) is 11.5 Å². The van der Waals surface area contributed by atoms with Gasteiger partial charge >= 0.3 is 0 Å². The Morgan fingerprint density at radius 2 is 1.88 bits per heavy atom. The maximum absolute atomic E-state index is 9.52. The molecule has 6 nitrogen and oxygen atoms in total. The molecular weight excluding hydrogens is 324 g/mol. The highest BCUT2D eigenvalue weighted by Crippen LogP contribution is 2.24. The van der Waals surface area contributed by atoms with Crippen LogP contribution in [0.1, 0.15) is 17.0 Å². The first kappa shape index (κ1) is 15.9. The maximum atomic E-state index is 9.52. The molecule has 0 saturated heterocycles. The normalized spacial score (nSPS) is 11.2. The minimum Gasteiger partial charge on any atom is -0.504 e. The van der Waals surface area contributed by atoms with Crippen molar-refractivity contribution in [2.75, 3.05) is 0 Å². The lowest BCUT2D eigenvalue weighted by Gasteiger charge is -2.02. The van der Waals surface area contributed by atoms with E-state index in [1.807, 2.05) is 18.2 Å². The first-order chi connectivity index (χ1) is 11.6. The van der Waals surface area contributed by atoms with E-state index in [1.54, 1.807) is 17.0 Å². The summed E-state index contributed by atoms with van der Waals surface area (Å²) in [6.07, 6.45) is 3.07. The molecule has 3 N–H and O–H groups in total. The quantitative estimate of drug-likeness (QED) is 0.378. The lowest BCUT2D eigenvalue weighted by Crippen LogP contribution is -2.01. The summed E-state index contributed by atoms with van der Waals surface area (Å²) in [6.45, 7) is 0. The largest absolute Gasteiger partial charge is 0.504 e. The molecule has 0 radical (unpaired) electrons. The van der Waals surface area contributed by atoms with Crippen molar-refractivity contribution in [2.24, 2.45) is 5.10 Å². The molecule has 0 aliphatic rings. The van der Waals surface area contributed by atoms with Crippen molar-refractivity contribution < 1.29 is 10.2 Å². The van der Waals surface area contributed by atoms with Gasteiger partial charge in [0.1, 0.15) is 0 Å². The smallest absolute Gasteiger partial charge is 0.216 e. The third-order valence-corrected chi connectivity index (χ3v) is 3.78. The van der Waals surface area contributed by atoms with Gasteiger partial charge in [-0.2, -0.15) is 14.9 Å². The first-order valence-corrected chi connectivity index (χ1v) is 7.81. The molecule has 24 heavy (non-hydrogen) atoms. The van der Waals surface area contributed by atoms with Crippen LogP contribution in [0.15, 0.2) is 53.6 Å². The number of aryl methyl sites for hydroxylation is 2. The molecule has 3 aromatic rings. The predicted molar refractivity (Wildman–Crippen MR) is 94.0 cm³/mol. The Morgan fingerprint density at radius 1 is 1.08 bits per heavy atom. The summed E-state index contributed by atoms with van der Waals surface area (Å²) in [5.41, 5.74) is 1.85. The van der Waals surface area contributed by atoms with Crippen molar-refractivity contribution >= 4 is 18.4 Å². The predicted octanol–water partition coefficient (Wildman–Crippen LogP) is 3.02. The number of phenolic OH excluding ortho intramolecular Hbond substituents is 2. The van der Waals surface area contributed by atoms with E-state index in [1.165, 1.54) is 17.7 Å². The van der Waals surface area contributed by atoms with Crippen LogP contribution in [0.2, 0.25) is 0 Å². The molecule has 122 valence electrons. The number of aromatic hydroxyl groups is 2. The van der Waals surface area contributed by atoms with E-state index in [0.717, 1.165) is 12.2 Å². The average molecular weight is 340 g/mol. The van der Waals surface area contributed by atoms with Crippen LogP contribution in [0, 0.1) is 4.77 Å². The van der Waals surface area contributed by atoms with E-state index in [9.17, 15) is 10.2 Å². The van der Waals surface area contributed by atoms with Crippen molar-refractivity contribution in [3.63, 3.8) is 0 Å². The van der Waals surface area contributed by atoms with E-state index < -0.39 is 0 Å². The summed E-state index contributed by atoms with van der Waals surface area (Å²) in [7, 11) is 0. The Hall–Kier alpha value is -2.93. The van der Waals surface area contributed by atoms with E-state index in [4.69, 9.17) is 12.2 Å². The number of hydrogen-bond donors (Lipinski definition) is 3. The summed E-state index contributed by atoms with van der Waals surface area (Å²) < 4.78 is 1.96. The van der Waals surface area contributed by atoms with Crippen molar-refractivity contribution in [1.29, 1.82) is 0 Å². The number of H-pyrrole nitrogens is 1. The van der Waals surface area contributed by atoms with Crippen molar-refractivity contribution in [3.05, 3.63) is 70.3 Å². The minimum atomic E-state index is -0.195. The molecule has 0 aliphatic carbocycles. The van der Waals surface area contributed by atoms with Gasteiger partial charge in [0.05, 0.1) is 6.21 Å². The number of hydrogen-bond acceptors (Lipinski definition) is 5. The molecular formula is C17H16N4O2S. The standard InChI is InChI=1S/C17H16N4O2S/c22-14-8-6-13(10-15(14)23)11-18-21-16(19-20-17(21)24)9-7-12-4-2-1-3-5-12/h1-6,8,10-11,22-23H,7,9H2,(H,20,24)/b18-11-. The molecule has 1 aromatic heterocycles. The van der Waals surface area contributed by atoms with E-state index in [0.29, 0.717) is 16.8 Å². The van der Waals surface area contributed by atoms with Gasteiger partial charge in [-0.1, -0.05) is 30.3 Å². The highest BCUT2D eigenvalue weighted by Gasteiger charge is 2.06. The fraction of sp³-hybridized carbons (Fsp3) is 0.118. The molecule has 0 bridgehead atoms. The zero-order valence-corrected chi connectivity index (χ0v) is 13.6. The number of benzene rings is 2. The second kappa shape index (κ2) is 7.10. The van der Waals surface area contributed by atoms with E-state index in [2.05, 4.69) is 27.4 Å². The monoisotopic (exact) mass is 340 g/mol. The van der Waals surface area contributed by atoms with Crippen molar-refractivity contribution in [1.82, 2.24) is 14.9 Å². The van der Waals surface area contributed by atoms with Crippen LogP contribution in [0.25, 0.3) is 0 Å². The highest BCUT2D eigenvalue weighted by molar-refractivity contribution is 7.71. The number of aromatic nitrogens is 3. The Labute approximate surface area is 143 Å². The molecule has 0 atom stereocenters. The molecule has 1 heterocycles. The third-order valence-electron chi connectivity index (χ3n) is 3.52. The Bertz CT molecular complexity index is 916. The highest BCUT2D eigenvalue weighted by atomic mass is 32.1. The Morgan fingerprint density at radius 3 is 2.62 bits per heavy atom. The van der Waals surface area contributed by atoms with Crippen LogP contribution in [-0.2, 0) is 12.8 Å². The summed E-state index contributed by atoms with van der Waals surface area (Å²) in [4.78, 5) is 0. The van der Waals surface area contributed by atoms with Crippen LogP contribution < -0.4 is 0 Å². The Balaban J connectivity index is 1.78. The van der Waals surface area contributed by atoms with Gasteiger partial charge < -0.3 is 10.2 Å². The van der Waals surface area contributed by atoms with E-state index in [-0.39, 0.29) is 11.5 Å². The lowest BCUT2D eigenvalue weighted by atomic mass is 10.1. The van der Waals surface area contributed by atoms with Gasteiger partial charge in [-0.3, -0.25) is 5.10 Å². The van der Waals surface area contributed by atoms with Crippen molar-refractivity contribution in [2.45, 2.75) is 12.8 Å². The second-order valence-electron chi connectivity index (χ2n) is 5.24. The average Bonchev–Trinajstić information content (AvgIpc) is 2.95. The van der Waals surface area contributed by atoms with Gasteiger partial charge in [-0.25, -0.2) is 0 Å². The van der Waals surface area contributed by atoms with Gasteiger partial charge in [0.15, 0.2) is 17.3 Å². The number of nitrogens with zero attached hydrogens (tertiary/aromatic N) is 3. The fourth-order valence-corrected chi connectivity index (χ4v) is 2.45.